The topological polar surface area (TPSA) is 58.4 Å². The van der Waals surface area contributed by atoms with Gasteiger partial charge in [0, 0.05) is 31.2 Å². The lowest BCUT2D eigenvalue weighted by Gasteiger charge is -2.33. The van der Waals surface area contributed by atoms with Gasteiger partial charge in [0.25, 0.3) is 0 Å². The highest BCUT2D eigenvalue weighted by Crippen LogP contribution is 2.14. The van der Waals surface area contributed by atoms with Crippen LogP contribution in [-0.4, -0.2) is 29.9 Å². The number of rotatable bonds is 6. The minimum absolute atomic E-state index is 0.372. The van der Waals surface area contributed by atoms with Crippen molar-refractivity contribution in [3.05, 3.63) is 71.3 Å². The van der Waals surface area contributed by atoms with E-state index in [1.165, 1.54) is 18.4 Å². The lowest BCUT2D eigenvalue weighted by atomic mass is 10.0. The summed E-state index contributed by atoms with van der Waals surface area (Å²) in [6.07, 6.45) is 2.41. The lowest BCUT2D eigenvalue weighted by Crippen LogP contribution is -2.45. The second-order valence-electron chi connectivity index (χ2n) is 6.51. The molecule has 4 heteroatoms. The van der Waals surface area contributed by atoms with Gasteiger partial charge in [-0.15, -0.1) is 0 Å². The van der Waals surface area contributed by atoms with Gasteiger partial charge in [0.2, 0.25) is 5.91 Å². The third-order valence-electron chi connectivity index (χ3n) is 4.56. The number of benzene rings is 2. The first-order chi connectivity index (χ1) is 11.7. The number of carbonyl (C=O) groups is 1. The Bertz CT molecular complexity index is 672. The number of primary amides is 1. The molecule has 0 bridgehead atoms. The molecule has 1 amide bonds. The molecule has 1 fully saturated rings. The van der Waals surface area contributed by atoms with Crippen LogP contribution in [0, 0.1) is 0 Å². The normalized spacial score (nSPS) is 18.4. The molecule has 0 saturated carbocycles. The maximum atomic E-state index is 11.3. The maximum Gasteiger partial charge on any atom is 0.248 e. The molecule has 1 heterocycles. The summed E-state index contributed by atoms with van der Waals surface area (Å²) in [6.45, 7) is 4.00. The summed E-state index contributed by atoms with van der Waals surface area (Å²) in [7, 11) is 0. The number of nitrogens with two attached hydrogens (primary N) is 1. The molecule has 1 aliphatic rings. The molecule has 1 atom stereocenters. The van der Waals surface area contributed by atoms with Crippen LogP contribution in [0.15, 0.2) is 54.6 Å². The second kappa shape index (κ2) is 8.08. The van der Waals surface area contributed by atoms with Crippen molar-refractivity contribution in [2.75, 3.05) is 13.1 Å². The van der Waals surface area contributed by atoms with Crippen molar-refractivity contribution < 1.29 is 4.79 Å². The van der Waals surface area contributed by atoms with Gasteiger partial charge in [0.15, 0.2) is 0 Å². The van der Waals surface area contributed by atoms with E-state index in [0.717, 1.165) is 31.7 Å². The smallest absolute Gasteiger partial charge is 0.248 e. The van der Waals surface area contributed by atoms with Gasteiger partial charge in [-0.2, -0.15) is 0 Å². The molecule has 24 heavy (non-hydrogen) atoms. The molecular weight excluding hydrogens is 298 g/mol. The fraction of sp³-hybridized carbons (Fsp3) is 0.350. The van der Waals surface area contributed by atoms with Gasteiger partial charge < -0.3 is 11.1 Å². The van der Waals surface area contributed by atoms with E-state index in [2.05, 4.69) is 40.5 Å². The molecule has 0 aliphatic carbocycles. The summed E-state index contributed by atoms with van der Waals surface area (Å²) in [4.78, 5) is 13.8. The number of hydrogen-bond donors (Lipinski definition) is 2. The van der Waals surface area contributed by atoms with Crippen LogP contribution in [0.4, 0.5) is 0 Å². The Hall–Kier alpha value is -2.17. The van der Waals surface area contributed by atoms with E-state index < -0.39 is 0 Å². The number of nitrogens with zero attached hydrogens (tertiary/aromatic N) is 1. The molecule has 126 valence electrons. The summed E-state index contributed by atoms with van der Waals surface area (Å²) < 4.78 is 0. The summed E-state index contributed by atoms with van der Waals surface area (Å²) in [5, 5.41) is 3.63. The van der Waals surface area contributed by atoms with Crippen LogP contribution in [0.3, 0.4) is 0 Å². The van der Waals surface area contributed by atoms with Gasteiger partial charge in [-0.05, 0) is 42.6 Å². The lowest BCUT2D eigenvalue weighted by molar-refractivity contribution is 0.1000. The zero-order valence-corrected chi connectivity index (χ0v) is 13.9. The molecule has 2 aromatic carbocycles. The Morgan fingerprint density at radius 3 is 2.71 bits per heavy atom. The van der Waals surface area contributed by atoms with Crippen molar-refractivity contribution in [1.82, 2.24) is 10.2 Å². The monoisotopic (exact) mass is 323 g/mol. The van der Waals surface area contributed by atoms with Gasteiger partial charge in [-0.1, -0.05) is 42.5 Å². The Kier molecular flexibility index (Phi) is 5.62. The molecule has 1 saturated heterocycles. The van der Waals surface area contributed by atoms with Crippen molar-refractivity contribution in [2.24, 2.45) is 5.73 Å². The number of hydrogen-bond acceptors (Lipinski definition) is 3. The van der Waals surface area contributed by atoms with E-state index in [9.17, 15) is 4.79 Å². The Morgan fingerprint density at radius 2 is 1.92 bits per heavy atom. The zero-order valence-electron chi connectivity index (χ0n) is 13.9. The molecule has 4 nitrogen and oxygen atoms in total. The maximum absolute atomic E-state index is 11.3. The third-order valence-corrected chi connectivity index (χ3v) is 4.56. The Morgan fingerprint density at radius 1 is 1.12 bits per heavy atom. The van der Waals surface area contributed by atoms with Crippen LogP contribution in [0.1, 0.15) is 34.3 Å². The molecule has 0 aromatic heterocycles. The van der Waals surface area contributed by atoms with E-state index in [-0.39, 0.29) is 5.91 Å². The Balaban J connectivity index is 1.52. The summed E-state index contributed by atoms with van der Waals surface area (Å²) in [5.74, 6) is -0.372. The highest BCUT2D eigenvalue weighted by molar-refractivity contribution is 5.92. The SMILES string of the molecule is NC(=O)c1cccc(CNC2CCCN(Cc3ccccc3)C2)c1. The first kappa shape index (κ1) is 16.7. The largest absolute Gasteiger partial charge is 0.366 e. The zero-order chi connectivity index (χ0) is 16.8. The number of piperidine rings is 1. The van der Waals surface area contributed by atoms with Crippen LogP contribution in [0.5, 0.6) is 0 Å². The quantitative estimate of drug-likeness (QED) is 0.859. The van der Waals surface area contributed by atoms with Gasteiger partial charge in [-0.25, -0.2) is 0 Å². The van der Waals surface area contributed by atoms with E-state index in [1.807, 2.05) is 18.2 Å². The number of nitrogens with one attached hydrogen (secondary N) is 1. The molecule has 3 N–H and O–H groups in total. The molecular formula is C20H25N3O. The van der Waals surface area contributed by atoms with Crippen LogP contribution in [0.2, 0.25) is 0 Å². The number of carbonyl (C=O) groups excluding carboxylic acids is 1. The minimum Gasteiger partial charge on any atom is -0.366 e. The predicted octanol–water partition coefficient (Wildman–Crippen LogP) is 2.54. The first-order valence-electron chi connectivity index (χ1n) is 8.59. The summed E-state index contributed by atoms with van der Waals surface area (Å²) in [6, 6.07) is 18.7. The van der Waals surface area contributed by atoms with Gasteiger partial charge in [-0.3, -0.25) is 9.69 Å². The van der Waals surface area contributed by atoms with Crippen molar-refractivity contribution in [3.63, 3.8) is 0 Å². The van der Waals surface area contributed by atoms with E-state index in [0.29, 0.717) is 11.6 Å². The number of likely N-dealkylation sites (tertiary alicyclic amines) is 1. The average Bonchev–Trinajstić information content (AvgIpc) is 2.61. The van der Waals surface area contributed by atoms with E-state index in [1.54, 1.807) is 6.07 Å². The van der Waals surface area contributed by atoms with E-state index >= 15 is 0 Å². The molecule has 0 spiro atoms. The van der Waals surface area contributed by atoms with Crippen LogP contribution < -0.4 is 11.1 Å². The highest BCUT2D eigenvalue weighted by Gasteiger charge is 2.19. The van der Waals surface area contributed by atoms with Crippen molar-refractivity contribution in [3.8, 4) is 0 Å². The standard InChI is InChI=1S/C20H25N3O/c21-20(24)18-9-4-8-17(12-18)13-22-19-10-5-11-23(15-19)14-16-6-2-1-3-7-16/h1-4,6-9,12,19,22H,5,10-11,13-15H2,(H2,21,24). The molecule has 1 unspecified atom stereocenters. The fourth-order valence-corrected chi connectivity index (χ4v) is 3.30. The minimum atomic E-state index is -0.372. The van der Waals surface area contributed by atoms with Gasteiger partial charge >= 0.3 is 0 Å². The predicted molar refractivity (Wildman–Crippen MR) is 96.5 cm³/mol. The summed E-state index contributed by atoms with van der Waals surface area (Å²) >= 11 is 0. The van der Waals surface area contributed by atoms with Crippen molar-refractivity contribution >= 4 is 5.91 Å². The third kappa shape index (κ3) is 4.66. The van der Waals surface area contributed by atoms with Gasteiger partial charge in [0.05, 0.1) is 0 Å². The first-order valence-corrected chi connectivity index (χ1v) is 8.59. The molecule has 0 radical (unpaired) electrons. The summed E-state index contributed by atoms with van der Waals surface area (Å²) in [5.41, 5.74) is 8.39. The highest BCUT2D eigenvalue weighted by atomic mass is 16.1. The Labute approximate surface area is 143 Å². The van der Waals surface area contributed by atoms with Crippen molar-refractivity contribution in [1.29, 1.82) is 0 Å². The fourth-order valence-electron chi connectivity index (χ4n) is 3.30. The second-order valence-corrected chi connectivity index (χ2v) is 6.51. The van der Waals surface area contributed by atoms with Crippen LogP contribution >= 0.6 is 0 Å². The van der Waals surface area contributed by atoms with Crippen LogP contribution in [0.25, 0.3) is 0 Å². The van der Waals surface area contributed by atoms with Gasteiger partial charge in [0.1, 0.15) is 0 Å². The van der Waals surface area contributed by atoms with Crippen LogP contribution in [-0.2, 0) is 13.1 Å². The number of amides is 1. The van der Waals surface area contributed by atoms with Crippen molar-refractivity contribution in [2.45, 2.75) is 32.0 Å². The molecule has 3 rings (SSSR count). The molecule has 1 aliphatic heterocycles. The van der Waals surface area contributed by atoms with E-state index in [4.69, 9.17) is 5.73 Å². The average molecular weight is 323 g/mol. The molecule has 2 aromatic rings.